The van der Waals surface area contributed by atoms with Gasteiger partial charge in [0.2, 0.25) is 0 Å². The number of aliphatic carboxylic acids is 1. The van der Waals surface area contributed by atoms with Gasteiger partial charge in [-0.15, -0.1) is 0 Å². The van der Waals surface area contributed by atoms with Gasteiger partial charge in [0.15, 0.2) is 6.10 Å². The van der Waals surface area contributed by atoms with Gasteiger partial charge in [-0.05, 0) is 19.1 Å². The molecule has 0 saturated carbocycles. The van der Waals surface area contributed by atoms with Crippen LogP contribution >= 0.6 is 0 Å². The number of hydrogen-bond donors (Lipinski definition) is 1. The SMILES string of the molecule is CC(c1ccc(F)cn1)N1CCOC(C(=O)O)C1. The fraction of sp³-hybridized carbons (Fsp3) is 0.500. The van der Waals surface area contributed by atoms with Crippen molar-refractivity contribution in [2.75, 3.05) is 19.7 Å². The topological polar surface area (TPSA) is 62.7 Å². The molecule has 1 aromatic heterocycles. The van der Waals surface area contributed by atoms with Crippen molar-refractivity contribution in [1.82, 2.24) is 9.88 Å². The van der Waals surface area contributed by atoms with E-state index in [2.05, 4.69) is 4.98 Å². The Bertz CT molecular complexity index is 424. The largest absolute Gasteiger partial charge is 0.479 e. The van der Waals surface area contributed by atoms with Crippen molar-refractivity contribution in [3.05, 3.63) is 29.8 Å². The summed E-state index contributed by atoms with van der Waals surface area (Å²) in [5.41, 5.74) is 0.724. The number of hydrogen-bond acceptors (Lipinski definition) is 4. The molecule has 0 aromatic carbocycles. The van der Waals surface area contributed by atoms with Gasteiger partial charge in [0.1, 0.15) is 5.82 Å². The monoisotopic (exact) mass is 254 g/mol. The zero-order chi connectivity index (χ0) is 13.1. The molecule has 1 fully saturated rings. The summed E-state index contributed by atoms with van der Waals surface area (Å²) in [6.07, 6.45) is 0.364. The minimum absolute atomic E-state index is 0.0589. The van der Waals surface area contributed by atoms with Crippen LogP contribution in [0, 0.1) is 5.82 Å². The molecule has 1 saturated heterocycles. The van der Waals surface area contributed by atoms with Gasteiger partial charge in [0, 0.05) is 19.1 Å². The van der Waals surface area contributed by atoms with Crippen LogP contribution in [0.4, 0.5) is 4.39 Å². The molecule has 0 aliphatic carbocycles. The van der Waals surface area contributed by atoms with E-state index >= 15 is 0 Å². The van der Waals surface area contributed by atoms with Crippen LogP contribution in [0.1, 0.15) is 18.7 Å². The summed E-state index contributed by atoms with van der Waals surface area (Å²) in [6.45, 7) is 3.26. The molecule has 6 heteroatoms. The number of carboxylic acid groups (broad SMARTS) is 1. The van der Waals surface area contributed by atoms with E-state index in [1.807, 2.05) is 11.8 Å². The first-order valence-electron chi connectivity index (χ1n) is 5.78. The average Bonchev–Trinajstić information content (AvgIpc) is 2.39. The van der Waals surface area contributed by atoms with Crippen LogP contribution in [0.15, 0.2) is 18.3 Å². The Hall–Kier alpha value is -1.53. The second-order valence-electron chi connectivity index (χ2n) is 4.27. The molecule has 1 aliphatic heterocycles. The lowest BCUT2D eigenvalue weighted by atomic mass is 10.1. The van der Waals surface area contributed by atoms with E-state index in [0.717, 1.165) is 5.69 Å². The van der Waals surface area contributed by atoms with E-state index in [-0.39, 0.29) is 11.9 Å². The molecule has 2 rings (SSSR count). The number of halogens is 1. The minimum atomic E-state index is -0.959. The summed E-state index contributed by atoms with van der Waals surface area (Å²) in [5, 5.41) is 8.93. The second kappa shape index (κ2) is 5.41. The second-order valence-corrected chi connectivity index (χ2v) is 4.27. The van der Waals surface area contributed by atoms with Gasteiger partial charge in [-0.2, -0.15) is 0 Å². The number of carbonyl (C=O) groups is 1. The number of morpholine rings is 1. The molecule has 5 nitrogen and oxygen atoms in total. The quantitative estimate of drug-likeness (QED) is 0.874. The highest BCUT2D eigenvalue weighted by atomic mass is 19.1. The number of nitrogens with zero attached hydrogens (tertiary/aromatic N) is 2. The summed E-state index contributed by atoms with van der Waals surface area (Å²) < 4.78 is 17.9. The van der Waals surface area contributed by atoms with Crippen molar-refractivity contribution in [3.8, 4) is 0 Å². The first-order valence-corrected chi connectivity index (χ1v) is 5.78. The van der Waals surface area contributed by atoms with Crippen LogP contribution < -0.4 is 0 Å². The third-order valence-electron chi connectivity index (χ3n) is 3.10. The number of aromatic nitrogens is 1. The number of ether oxygens (including phenoxy) is 1. The Labute approximate surface area is 104 Å². The Morgan fingerprint density at radius 3 is 3.06 bits per heavy atom. The lowest BCUT2D eigenvalue weighted by Crippen LogP contribution is -2.47. The van der Waals surface area contributed by atoms with Gasteiger partial charge in [-0.1, -0.05) is 0 Å². The molecule has 1 aromatic rings. The molecular weight excluding hydrogens is 239 g/mol. The average molecular weight is 254 g/mol. The summed E-state index contributed by atoms with van der Waals surface area (Å²) >= 11 is 0. The Kier molecular flexibility index (Phi) is 3.88. The first kappa shape index (κ1) is 12.9. The van der Waals surface area contributed by atoms with Crippen molar-refractivity contribution in [1.29, 1.82) is 0 Å². The normalized spacial score (nSPS) is 22.7. The number of rotatable bonds is 3. The standard InChI is InChI=1S/C12H15FN2O3/c1-8(10-3-2-9(13)6-14-10)15-4-5-18-11(7-15)12(16)17/h2-3,6,8,11H,4-5,7H2,1H3,(H,16,17). The van der Waals surface area contributed by atoms with Crippen molar-refractivity contribution in [2.24, 2.45) is 0 Å². The zero-order valence-corrected chi connectivity index (χ0v) is 10.0. The van der Waals surface area contributed by atoms with Gasteiger partial charge in [0.05, 0.1) is 18.5 Å². The molecule has 0 radical (unpaired) electrons. The Balaban J connectivity index is 2.06. The highest BCUT2D eigenvalue weighted by Crippen LogP contribution is 2.21. The third kappa shape index (κ3) is 2.83. The molecule has 1 N–H and O–H groups in total. The van der Waals surface area contributed by atoms with Gasteiger partial charge >= 0.3 is 5.97 Å². The number of carboxylic acids is 1. The van der Waals surface area contributed by atoms with Crippen molar-refractivity contribution >= 4 is 5.97 Å². The van der Waals surface area contributed by atoms with E-state index in [1.165, 1.54) is 12.3 Å². The molecule has 98 valence electrons. The van der Waals surface area contributed by atoms with Gasteiger partial charge in [0.25, 0.3) is 0 Å². The molecule has 0 amide bonds. The predicted molar refractivity (Wildman–Crippen MR) is 61.6 cm³/mol. The fourth-order valence-electron chi connectivity index (χ4n) is 1.99. The van der Waals surface area contributed by atoms with E-state index in [0.29, 0.717) is 19.7 Å². The maximum Gasteiger partial charge on any atom is 0.334 e. The molecular formula is C12H15FN2O3. The first-order chi connectivity index (χ1) is 8.58. The van der Waals surface area contributed by atoms with Crippen molar-refractivity contribution < 1.29 is 19.0 Å². The van der Waals surface area contributed by atoms with Crippen LogP contribution in [0.25, 0.3) is 0 Å². The minimum Gasteiger partial charge on any atom is -0.479 e. The van der Waals surface area contributed by atoms with Crippen LogP contribution in [0.3, 0.4) is 0 Å². The van der Waals surface area contributed by atoms with Gasteiger partial charge in [-0.3, -0.25) is 9.88 Å². The van der Waals surface area contributed by atoms with Crippen molar-refractivity contribution in [3.63, 3.8) is 0 Å². The van der Waals surface area contributed by atoms with Gasteiger partial charge in [-0.25, -0.2) is 9.18 Å². The molecule has 2 unspecified atom stereocenters. The van der Waals surface area contributed by atoms with E-state index in [1.54, 1.807) is 6.07 Å². The predicted octanol–water partition coefficient (Wildman–Crippen LogP) is 1.07. The van der Waals surface area contributed by atoms with E-state index < -0.39 is 12.1 Å². The maximum atomic E-state index is 12.8. The van der Waals surface area contributed by atoms with E-state index in [9.17, 15) is 9.18 Å². The molecule has 0 spiro atoms. The van der Waals surface area contributed by atoms with Crippen LogP contribution in [-0.4, -0.2) is 46.8 Å². The highest BCUT2D eigenvalue weighted by molar-refractivity contribution is 5.72. The molecule has 0 bridgehead atoms. The fourth-order valence-corrected chi connectivity index (χ4v) is 1.99. The smallest absolute Gasteiger partial charge is 0.334 e. The van der Waals surface area contributed by atoms with Crippen LogP contribution in [0.2, 0.25) is 0 Å². The van der Waals surface area contributed by atoms with Crippen molar-refractivity contribution in [2.45, 2.75) is 19.1 Å². The molecule has 1 aliphatic rings. The third-order valence-corrected chi connectivity index (χ3v) is 3.10. The van der Waals surface area contributed by atoms with Gasteiger partial charge < -0.3 is 9.84 Å². The number of pyridine rings is 1. The summed E-state index contributed by atoms with van der Waals surface area (Å²) in [5.74, 6) is -1.34. The summed E-state index contributed by atoms with van der Waals surface area (Å²) in [7, 11) is 0. The van der Waals surface area contributed by atoms with E-state index in [4.69, 9.17) is 9.84 Å². The summed E-state index contributed by atoms with van der Waals surface area (Å²) in [6, 6.07) is 2.91. The summed E-state index contributed by atoms with van der Waals surface area (Å²) in [4.78, 5) is 16.9. The Morgan fingerprint density at radius 1 is 1.67 bits per heavy atom. The lowest BCUT2D eigenvalue weighted by molar-refractivity contribution is -0.157. The van der Waals surface area contributed by atoms with Crippen LogP contribution in [-0.2, 0) is 9.53 Å². The molecule has 2 heterocycles. The zero-order valence-electron chi connectivity index (χ0n) is 10.0. The molecule has 2 atom stereocenters. The maximum absolute atomic E-state index is 12.8. The highest BCUT2D eigenvalue weighted by Gasteiger charge is 2.29. The van der Waals surface area contributed by atoms with Crippen LogP contribution in [0.5, 0.6) is 0 Å². The molecule has 18 heavy (non-hydrogen) atoms. The Morgan fingerprint density at radius 2 is 2.44 bits per heavy atom. The lowest BCUT2D eigenvalue weighted by Gasteiger charge is -2.34.